The van der Waals surface area contributed by atoms with Crippen LogP contribution in [0.25, 0.3) is 0 Å². The number of alkyl halides is 3. The molecule has 0 aliphatic carbocycles. The van der Waals surface area contributed by atoms with E-state index < -0.39 is 63.8 Å². The van der Waals surface area contributed by atoms with Crippen molar-refractivity contribution in [3.8, 4) is 0 Å². The summed E-state index contributed by atoms with van der Waals surface area (Å²) in [7, 11) is 0. The van der Waals surface area contributed by atoms with Gasteiger partial charge in [0, 0.05) is 30.6 Å². The number of halogens is 3. The number of hydrogen-bond acceptors (Lipinski definition) is 12. The van der Waals surface area contributed by atoms with Gasteiger partial charge in [-0.15, -0.1) is 0 Å². The van der Waals surface area contributed by atoms with E-state index in [2.05, 4.69) is 38.2 Å². The molecule has 0 unspecified atom stereocenters. The van der Waals surface area contributed by atoms with Gasteiger partial charge in [0.15, 0.2) is 5.66 Å². The number of fused-ring (bicyclic) bond motifs is 1. The van der Waals surface area contributed by atoms with E-state index in [0.717, 1.165) is 4.90 Å². The topological polar surface area (TPSA) is 214 Å². The van der Waals surface area contributed by atoms with Crippen molar-refractivity contribution in [2.45, 2.75) is 52.6 Å². The lowest BCUT2D eigenvalue weighted by Crippen LogP contribution is -2.78. The van der Waals surface area contributed by atoms with Crippen LogP contribution in [0.15, 0.2) is 35.6 Å². The average Bonchev–Trinajstić information content (AvgIpc) is 3.66. The van der Waals surface area contributed by atoms with E-state index in [9.17, 15) is 34.2 Å². The maximum Gasteiger partial charge on any atom is 0.414 e. The number of nitrogens with one attached hydrogen (secondary N) is 5. The van der Waals surface area contributed by atoms with Crippen molar-refractivity contribution < 1.29 is 38.9 Å². The van der Waals surface area contributed by atoms with E-state index >= 15 is 0 Å². The summed E-state index contributed by atoms with van der Waals surface area (Å²) in [5, 5.41) is 37.5. The molecule has 5 heterocycles. The molecule has 0 bridgehead atoms. The number of amides is 5. The number of alkyl carbamates (subject to hydrolysis) is 1. The highest BCUT2D eigenvalue weighted by Gasteiger charge is 2.74. The van der Waals surface area contributed by atoms with E-state index in [4.69, 9.17) is 39.5 Å². The Hall–Kier alpha value is -3.83. The Morgan fingerprint density at radius 3 is 2.58 bits per heavy atom. The molecular formula is C26H27Cl3N8O8. The number of carbonyl (C=O) groups is 5. The molecule has 1 aromatic rings. The SMILES string of the molecule is C=C1N[C@H]2[C@H](CN3C(=O)CCC3=O)N=C(NC(=O)OCC(Cl)(Cl)Cl)N3C[C@H](NC(=O)c4cccc5c4CC(=O)N5)C(O)(O)[C@]23N1. The number of anilines is 1. The van der Waals surface area contributed by atoms with Crippen LogP contribution in [-0.4, -0.2) is 109 Å². The van der Waals surface area contributed by atoms with E-state index in [0.29, 0.717) is 11.3 Å². The van der Waals surface area contributed by atoms with Gasteiger partial charge < -0.3 is 41.1 Å². The van der Waals surface area contributed by atoms with Crippen LogP contribution in [-0.2, 0) is 25.5 Å². The Morgan fingerprint density at radius 2 is 1.89 bits per heavy atom. The highest BCUT2D eigenvalue weighted by molar-refractivity contribution is 6.67. The summed E-state index contributed by atoms with van der Waals surface area (Å²) in [5.74, 6) is -4.80. The molecule has 16 nitrogen and oxygen atoms in total. The number of benzene rings is 1. The highest BCUT2D eigenvalue weighted by atomic mass is 35.6. The molecule has 0 radical (unpaired) electrons. The minimum Gasteiger partial charge on any atom is -0.445 e. The van der Waals surface area contributed by atoms with Gasteiger partial charge in [-0.3, -0.25) is 29.4 Å². The second kappa shape index (κ2) is 10.9. The molecule has 5 aliphatic heterocycles. The first-order chi connectivity index (χ1) is 21.1. The van der Waals surface area contributed by atoms with Gasteiger partial charge in [-0.2, -0.15) is 0 Å². The Morgan fingerprint density at radius 1 is 1.18 bits per heavy atom. The van der Waals surface area contributed by atoms with Gasteiger partial charge in [0.2, 0.25) is 33.3 Å². The summed E-state index contributed by atoms with van der Waals surface area (Å²) >= 11 is 17.1. The number of aliphatic imine (C=N–C) groups is 1. The molecule has 240 valence electrons. The van der Waals surface area contributed by atoms with Crippen LogP contribution in [0, 0.1) is 0 Å². The summed E-state index contributed by atoms with van der Waals surface area (Å²) in [6.07, 6.45) is -1.14. The molecule has 19 heteroatoms. The largest absolute Gasteiger partial charge is 0.445 e. The van der Waals surface area contributed by atoms with Gasteiger partial charge in [-0.1, -0.05) is 47.4 Å². The fourth-order valence-electron chi connectivity index (χ4n) is 6.42. The third kappa shape index (κ3) is 5.29. The predicted octanol–water partition coefficient (Wildman–Crippen LogP) is -1.01. The standard InChI is InChI=1S/C26H27Cl3N8O8/c1-11-30-20-15(8-36-18(39)5-6-19(36)40)32-22(34-23(42)45-10-24(27,28)29)37-9-16(26(43,44)25(20,37)35-11)33-21(41)12-3-2-4-14-13(12)7-17(38)31-14/h2-4,15-16,20,30,35,43-44H,1,5-10H2,(H,31,38)(H,33,41)(H,32,34,42)/t15-,16-,20-,25-/m0/s1. The molecule has 1 spiro atoms. The Kier molecular flexibility index (Phi) is 7.55. The van der Waals surface area contributed by atoms with Crippen LogP contribution in [0.1, 0.15) is 28.8 Å². The van der Waals surface area contributed by atoms with Crippen LogP contribution in [0.3, 0.4) is 0 Å². The zero-order valence-electron chi connectivity index (χ0n) is 23.2. The van der Waals surface area contributed by atoms with Gasteiger partial charge in [-0.05, 0) is 17.7 Å². The van der Waals surface area contributed by atoms with Crippen LogP contribution in [0.5, 0.6) is 0 Å². The van der Waals surface area contributed by atoms with Crippen molar-refractivity contribution in [2.24, 2.45) is 4.99 Å². The Bertz CT molecular complexity index is 1550. The van der Waals surface area contributed by atoms with Gasteiger partial charge >= 0.3 is 6.09 Å². The van der Waals surface area contributed by atoms with Crippen molar-refractivity contribution in [3.05, 3.63) is 41.7 Å². The maximum atomic E-state index is 13.5. The van der Waals surface area contributed by atoms with Crippen molar-refractivity contribution in [1.29, 1.82) is 0 Å². The number of likely N-dealkylation sites (tertiary alicyclic amines) is 1. The van der Waals surface area contributed by atoms with Crippen molar-refractivity contribution in [1.82, 2.24) is 31.1 Å². The van der Waals surface area contributed by atoms with Gasteiger partial charge in [-0.25, -0.2) is 9.79 Å². The first kappa shape index (κ1) is 31.2. The zero-order valence-corrected chi connectivity index (χ0v) is 25.5. The molecule has 5 aliphatic rings. The number of carbonyl (C=O) groups excluding carboxylic acids is 5. The summed E-state index contributed by atoms with van der Waals surface area (Å²) in [6, 6.07) is 1.16. The highest BCUT2D eigenvalue weighted by Crippen LogP contribution is 2.45. The lowest BCUT2D eigenvalue weighted by Gasteiger charge is -2.49. The number of aliphatic hydroxyl groups is 2. The third-order valence-electron chi connectivity index (χ3n) is 8.33. The molecule has 0 aromatic heterocycles. The fraction of sp³-hybridized carbons (Fsp3) is 0.462. The normalized spacial score (nSPS) is 28.0. The molecule has 45 heavy (non-hydrogen) atoms. The maximum absolute atomic E-state index is 13.5. The van der Waals surface area contributed by atoms with Gasteiger partial charge in [0.05, 0.1) is 30.9 Å². The van der Waals surface area contributed by atoms with Crippen molar-refractivity contribution >= 4 is 76.2 Å². The average molecular weight is 686 g/mol. The number of ether oxygens (including phenoxy) is 1. The minimum atomic E-state index is -2.81. The number of imide groups is 1. The molecular weight excluding hydrogens is 659 g/mol. The molecule has 3 fully saturated rings. The monoisotopic (exact) mass is 684 g/mol. The van der Waals surface area contributed by atoms with Crippen LogP contribution in [0.2, 0.25) is 0 Å². The number of nitrogens with zero attached hydrogens (tertiary/aromatic N) is 3. The summed E-state index contributed by atoms with van der Waals surface area (Å²) < 4.78 is 3.06. The minimum absolute atomic E-state index is 0.00635. The van der Waals surface area contributed by atoms with Crippen LogP contribution < -0.4 is 26.6 Å². The first-order valence-corrected chi connectivity index (χ1v) is 14.8. The quantitative estimate of drug-likeness (QED) is 0.113. The van der Waals surface area contributed by atoms with Crippen molar-refractivity contribution in [3.63, 3.8) is 0 Å². The summed E-state index contributed by atoms with van der Waals surface area (Å²) in [4.78, 5) is 70.2. The van der Waals surface area contributed by atoms with Crippen molar-refractivity contribution in [2.75, 3.05) is 25.0 Å². The molecule has 0 saturated carbocycles. The molecule has 5 amide bonds. The second-order valence-corrected chi connectivity index (χ2v) is 13.7. The molecule has 7 N–H and O–H groups in total. The number of guanidine groups is 1. The van der Waals surface area contributed by atoms with Gasteiger partial charge in [0.25, 0.3) is 5.91 Å². The Balaban J connectivity index is 1.35. The smallest absolute Gasteiger partial charge is 0.414 e. The van der Waals surface area contributed by atoms with Gasteiger partial charge in [0.1, 0.15) is 12.6 Å². The lowest BCUT2D eigenvalue weighted by atomic mass is 9.85. The number of hydrogen-bond donors (Lipinski definition) is 7. The van der Waals surface area contributed by atoms with E-state index in [1.54, 1.807) is 12.1 Å². The molecule has 4 atom stereocenters. The third-order valence-corrected chi connectivity index (χ3v) is 8.66. The predicted molar refractivity (Wildman–Crippen MR) is 158 cm³/mol. The molecule has 3 saturated heterocycles. The summed E-state index contributed by atoms with van der Waals surface area (Å²) in [6.45, 7) is 2.62. The molecule has 1 aromatic carbocycles. The van der Waals surface area contributed by atoms with E-state index in [-0.39, 0.29) is 55.6 Å². The van der Waals surface area contributed by atoms with E-state index in [1.165, 1.54) is 11.0 Å². The van der Waals surface area contributed by atoms with Crippen LogP contribution >= 0.6 is 34.8 Å². The first-order valence-electron chi connectivity index (χ1n) is 13.7. The molecule has 6 rings (SSSR count). The number of rotatable bonds is 5. The summed E-state index contributed by atoms with van der Waals surface area (Å²) in [5.41, 5.74) is -0.904. The fourth-order valence-corrected chi connectivity index (χ4v) is 6.58. The Labute approximate surface area is 270 Å². The van der Waals surface area contributed by atoms with E-state index in [1.807, 2.05) is 0 Å². The van der Waals surface area contributed by atoms with Crippen LogP contribution in [0.4, 0.5) is 10.5 Å². The lowest BCUT2D eigenvalue weighted by molar-refractivity contribution is -0.231. The zero-order chi connectivity index (χ0) is 32.5. The second-order valence-electron chi connectivity index (χ2n) is 11.1.